The van der Waals surface area contributed by atoms with Crippen LogP contribution in [0.1, 0.15) is 36.7 Å². The summed E-state index contributed by atoms with van der Waals surface area (Å²) in [6.45, 7) is 7.69. The van der Waals surface area contributed by atoms with Crippen LogP contribution in [0.15, 0.2) is 35.4 Å². The molecule has 0 amide bonds. The Morgan fingerprint density at radius 3 is 2.67 bits per heavy atom. The highest BCUT2D eigenvalue weighted by Crippen LogP contribution is 2.22. The Balaban J connectivity index is 2.13. The molecule has 0 aliphatic heterocycles. The van der Waals surface area contributed by atoms with E-state index in [-0.39, 0.29) is 17.6 Å². The zero-order valence-corrected chi connectivity index (χ0v) is 16.4. The first-order valence-electron chi connectivity index (χ1n) is 8.92. The summed E-state index contributed by atoms with van der Waals surface area (Å²) in [7, 11) is 0. The summed E-state index contributed by atoms with van der Waals surface area (Å²) in [4.78, 5) is 35.0. The Morgan fingerprint density at radius 2 is 2.00 bits per heavy atom. The molecule has 0 saturated heterocycles. The normalized spacial score (nSPS) is 10.9. The molecule has 3 aromatic rings. The lowest BCUT2D eigenvalue weighted by Crippen LogP contribution is -2.29. The molecule has 0 bridgehead atoms. The Hall–Kier alpha value is -2.80. The number of thiocarbonyl (C=S) groups is 1. The topological polar surface area (TPSA) is 75.3 Å². The molecule has 0 spiro atoms. The first-order chi connectivity index (χ1) is 13.0. The van der Waals surface area contributed by atoms with Crippen molar-refractivity contribution in [3.63, 3.8) is 0 Å². The zero-order chi connectivity index (χ0) is 19.6. The Morgan fingerprint density at radius 1 is 1.26 bits per heavy atom. The van der Waals surface area contributed by atoms with Gasteiger partial charge in [-0.05, 0) is 32.9 Å². The highest BCUT2D eigenvalue weighted by molar-refractivity contribution is 7.80. The zero-order valence-electron chi connectivity index (χ0n) is 15.5. The number of fused-ring (bicyclic) bond motifs is 3. The molecule has 0 saturated carbocycles. The van der Waals surface area contributed by atoms with Crippen molar-refractivity contribution in [2.24, 2.45) is 0 Å². The average molecular weight is 383 g/mol. The van der Waals surface area contributed by atoms with Crippen LogP contribution in [0.5, 0.6) is 0 Å². The van der Waals surface area contributed by atoms with Crippen LogP contribution in [0.2, 0.25) is 0 Å². The van der Waals surface area contributed by atoms with Crippen molar-refractivity contribution in [3.8, 4) is 0 Å². The van der Waals surface area contributed by atoms with E-state index in [1.165, 1.54) is 6.20 Å². The fourth-order valence-electron chi connectivity index (χ4n) is 3.06. The number of H-pyrrole nitrogens is 1. The van der Waals surface area contributed by atoms with Gasteiger partial charge in [-0.2, -0.15) is 0 Å². The number of esters is 1. The molecule has 2 heterocycles. The fourth-order valence-corrected chi connectivity index (χ4v) is 3.43. The van der Waals surface area contributed by atoms with Gasteiger partial charge >= 0.3 is 5.97 Å². The van der Waals surface area contributed by atoms with E-state index < -0.39 is 5.97 Å². The van der Waals surface area contributed by atoms with Gasteiger partial charge in [-0.3, -0.25) is 9.78 Å². The number of aromatic nitrogens is 2. The summed E-state index contributed by atoms with van der Waals surface area (Å²) in [5, 5.41) is 1.27. The van der Waals surface area contributed by atoms with Gasteiger partial charge < -0.3 is 14.6 Å². The third kappa shape index (κ3) is 3.42. The number of nitrogens with zero attached hydrogens (tertiary/aromatic N) is 2. The number of aromatic amines is 1. The van der Waals surface area contributed by atoms with Gasteiger partial charge in [0.1, 0.15) is 10.6 Å². The van der Waals surface area contributed by atoms with Crippen molar-refractivity contribution < 1.29 is 9.53 Å². The number of rotatable bonds is 5. The number of nitrogens with one attached hydrogen (secondary N) is 1. The lowest BCUT2D eigenvalue weighted by Gasteiger charge is -2.21. The summed E-state index contributed by atoms with van der Waals surface area (Å²) in [5.41, 5.74) is 1.74. The molecule has 0 fully saturated rings. The molecular weight excluding hydrogens is 362 g/mol. The number of carbonyl (C=O) groups excluding carboxylic acids is 1. The van der Waals surface area contributed by atoms with Gasteiger partial charge in [0.15, 0.2) is 0 Å². The summed E-state index contributed by atoms with van der Waals surface area (Å²) in [6.07, 6.45) is 3.11. The van der Waals surface area contributed by atoms with Crippen LogP contribution >= 0.6 is 12.2 Å². The predicted octanol–water partition coefficient (Wildman–Crippen LogP) is 3.27. The SMILES string of the molecule is CCOC(=O)c1c[nH]c2c(ccc3cc(C(=S)N(CC)CC)cnc32)c1=O. The maximum absolute atomic E-state index is 12.7. The van der Waals surface area contributed by atoms with Gasteiger partial charge in [0, 0.05) is 41.8 Å². The van der Waals surface area contributed by atoms with E-state index in [0.29, 0.717) is 16.4 Å². The molecule has 0 atom stereocenters. The molecule has 0 aliphatic carbocycles. The molecule has 7 heteroatoms. The molecule has 0 radical (unpaired) electrons. The Kier molecular flexibility index (Phi) is 5.51. The second kappa shape index (κ2) is 7.84. The number of hydrogen-bond donors (Lipinski definition) is 1. The van der Waals surface area contributed by atoms with Crippen LogP contribution in [0, 0.1) is 0 Å². The van der Waals surface area contributed by atoms with E-state index in [0.717, 1.165) is 29.0 Å². The van der Waals surface area contributed by atoms with E-state index in [9.17, 15) is 9.59 Å². The molecule has 0 unspecified atom stereocenters. The molecule has 1 N–H and O–H groups in total. The van der Waals surface area contributed by atoms with E-state index in [4.69, 9.17) is 17.0 Å². The molecule has 140 valence electrons. The molecule has 6 nitrogen and oxygen atoms in total. The highest BCUT2D eigenvalue weighted by Gasteiger charge is 2.16. The summed E-state index contributed by atoms with van der Waals surface area (Å²) in [5.74, 6) is -0.631. The van der Waals surface area contributed by atoms with Crippen LogP contribution in [0.3, 0.4) is 0 Å². The monoisotopic (exact) mass is 383 g/mol. The minimum Gasteiger partial charge on any atom is -0.462 e. The van der Waals surface area contributed by atoms with Gasteiger partial charge in [0.25, 0.3) is 0 Å². The predicted molar refractivity (Wildman–Crippen MR) is 110 cm³/mol. The quantitative estimate of drug-likeness (QED) is 0.414. The Labute approximate surface area is 162 Å². The number of ether oxygens (including phenoxy) is 1. The largest absolute Gasteiger partial charge is 0.462 e. The van der Waals surface area contributed by atoms with Crippen LogP contribution in [-0.4, -0.2) is 45.5 Å². The van der Waals surface area contributed by atoms with Gasteiger partial charge in [-0.15, -0.1) is 0 Å². The van der Waals surface area contributed by atoms with Gasteiger partial charge in [0.2, 0.25) is 5.43 Å². The second-order valence-corrected chi connectivity index (χ2v) is 6.40. The molecular formula is C20H21N3O3S. The lowest BCUT2D eigenvalue weighted by molar-refractivity contribution is 0.0524. The number of pyridine rings is 2. The summed E-state index contributed by atoms with van der Waals surface area (Å²) in [6, 6.07) is 5.49. The number of hydrogen-bond acceptors (Lipinski definition) is 5. The third-order valence-corrected chi connectivity index (χ3v) is 4.99. The minimum absolute atomic E-state index is 0.0111. The van der Waals surface area contributed by atoms with Gasteiger partial charge in [0.05, 0.1) is 17.6 Å². The minimum atomic E-state index is -0.631. The Bertz CT molecular complexity index is 1090. The van der Waals surface area contributed by atoms with E-state index in [1.54, 1.807) is 19.2 Å². The number of carbonyl (C=O) groups is 1. The second-order valence-electron chi connectivity index (χ2n) is 6.01. The molecule has 3 rings (SSSR count). The molecule has 1 aromatic carbocycles. The van der Waals surface area contributed by atoms with Crippen LogP contribution < -0.4 is 5.43 Å². The van der Waals surface area contributed by atoms with Crippen molar-refractivity contribution in [2.75, 3.05) is 19.7 Å². The summed E-state index contributed by atoms with van der Waals surface area (Å²) >= 11 is 5.57. The smallest absolute Gasteiger partial charge is 0.343 e. The van der Waals surface area contributed by atoms with Gasteiger partial charge in [-0.25, -0.2) is 4.79 Å². The molecule has 27 heavy (non-hydrogen) atoms. The molecule has 2 aromatic heterocycles. The van der Waals surface area contributed by atoms with E-state index >= 15 is 0 Å². The summed E-state index contributed by atoms with van der Waals surface area (Å²) < 4.78 is 4.94. The standard InChI is InChI=1S/C20H21N3O3S/c1-4-23(5-2)19(27)13-9-12-7-8-14-17(16(12)21-10-13)22-11-15(18(14)24)20(25)26-6-3/h7-11H,4-6H2,1-3H3,(H,22,24). The van der Waals surface area contributed by atoms with Crippen molar-refractivity contribution in [2.45, 2.75) is 20.8 Å². The average Bonchev–Trinajstić information content (AvgIpc) is 2.68. The van der Waals surface area contributed by atoms with Crippen molar-refractivity contribution in [3.05, 3.63) is 51.9 Å². The van der Waals surface area contributed by atoms with Crippen molar-refractivity contribution >= 4 is 45.0 Å². The van der Waals surface area contributed by atoms with Crippen LogP contribution in [-0.2, 0) is 4.74 Å². The maximum atomic E-state index is 12.7. The fraction of sp³-hybridized carbons (Fsp3) is 0.300. The third-order valence-electron chi connectivity index (χ3n) is 4.50. The lowest BCUT2D eigenvalue weighted by atomic mass is 10.1. The van der Waals surface area contributed by atoms with Crippen LogP contribution in [0.25, 0.3) is 21.8 Å². The molecule has 0 aliphatic rings. The number of benzene rings is 1. The van der Waals surface area contributed by atoms with Crippen LogP contribution in [0.4, 0.5) is 0 Å². The van der Waals surface area contributed by atoms with Crippen molar-refractivity contribution in [1.29, 1.82) is 0 Å². The van der Waals surface area contributed by atoms with Gasteiger partial charge in [-0.1, -0.05) is 18.3 Å². The highest BCUT2D eigenvalue weighted by atomic mass is 32.1. The van der Waals surface area contributed by atoms with E-state index in [1.807, 2.05) is 12.1 Å². The maximum Gasteiger partial charge on any atom is 0.343 e. The van der Waals surface area contributed by atoms with Crippen molar-refractivity contribution in [1.82, 2.24) is 14.9 Å². The first-order valence-corrected chi connectivity index (χ1v) is 9.33. The van der Waals surface area contributed by atoms with E-state index in [2.05, 4.69) is 28.7 Å². The first kappa shape index (κ1) is 19.0.